The molecule has 2 heterocycles. The van der Waals surface area contributed by atoms with Gasteiger partial charge in [-0.15, -0.1) is 11.3 Å². The van der Waals surface area contributed by atoms with Crippen LogP contribution in [0.1, 0.15) is 20.8 Å². The summed E-state index contributed by atoms with van der Waals surface area (Å²) in [6.45, 7) is 1.90. The molecule has 0 N–H and O–H groups in total. The summed E-state index contributed by atoms with van der Waals surface area (Å²) >= 11 is 1.35. The number of aromatic nitrogens is 2. The average molecular weight is 204 g/mol. The maximum Gasteiger partial charge on any atom is 0.206 e. The number of ketones is 1. The van der Waals surface area contributed by atoms with Gasteiger partial charge in [-0.25, -0.2) is 0 Å². The van der Waals surface area contributed by atoms with Crippen molar-refractivity contribution >= 4 is 17.1 Å². The molecular weight excluding hydrogens is 196 g/mol. The lowest BCUT2D eigenvalue weighted by Crippen LogP contribution is -2.01. The number of aryl methyl sites for hydroxylation is 1. The summed E-state index contributed by atoms with van der Waals surface area (Å²) in [5, 5.41) is 0. The zero-order chi connectivity index (χ0) is 9.97. The molecule has 2 rings (SSSR count). The third-order valence-electron chi connectivity index (χ3n) is 1.94. The number of hydrogen-bond acceptors (Lipinski definition) is 4. The Hall–Kier alpha value is -1.55. The molecule has 2 aromatic heterocycles. The summed E-state index contributed by atoms with van der Waals surface area (Å²) in [6, 6.07) is 1.83. The summed E-state index contributed by atoms with van der Waals surface area (Å²) in [5.74, 6) is -0.00176. The fraction of sp³-hybridized carbons (Fsp3) is 0.100. The Morgan fingerprint density at radius 3 is 2.86 bits per heavy atom. The normalized spacial score (nSPS) is 10.1. The van der Waals surface area contributed by atoms with Gasteiger partial charge in [0.15, 0.2) is 0 Å². The second-order valence-electron chi connectivity index (χ2n) is 2.89. The molecule has 0 aliphatic carbocycles. The summed E-state index contributed by atoms with van der Waals surface area (Å²) in [5.41, 5.74) is 3.24. The first-order valence-electron chi connectivity index (χ1n) is 4.13. The van der Waals surface area contributed by atoms with Gasteiger partial charge >= 0.3 is 0 Å². The van der Waals surface area contributed by atoms with E-state index in [9.17, 15) is 4.79 Å². The fourth-order valence-corrected chi connectivity index (χ4v) is 1.74. The summed E-state index contributed by atoms with van der Waals surface area (Å²) in [6.07, 6.45) is 4.86. The van der Waals surface area contributed by atoms with Gasteiger partial charge in [0, 0.05) is 24.2 Å². The number of carbonyl (C=O) groups excluding carboxylic acids is 1. The number of nitrogens with zero attached hydrogens (tertiary/aromatic N) is 2. The Morgan fingerprint density at radius 1 is 1.36 bits per heavy atom. The molecule has 0 spiro atoms. The molecule has 2 aromatic rings. The quantitative estimate of drug-likeness (QED) is 0.703. The first kappa shape index (κ1) is 9.02. The first-order chi connectivity index (χ1) is 6.79. The fourth-order valence-electron chi connectivity index (χ4n) is 1.16. The number of hydrogen-bond donors (Lipinski definition) is 0. The van der Waals surface area contributed by atoms with Crippen molar-refractivity contribution in [1.29, 1.82) is 0 Å². The van der Waals surface area contributed by atoms with Crippen molar-refractivity contribution < 1.29 is 4.79 Å². The number of pyridine rings is 1. The van der Waals surface area contributed by atoms with Gasteiger partial charge in [-0.05, 0) is 18.6 Å². The van der Waals surface area contributed by atoms with Crippen molar-refractivity contribution in [1.82, 2.24) is 9.97 Å². The van der Waals surface area contributed by atoms with E-state index in [2.05, 4.69) is 9.97 Å². The molecule has 0 aromatic carbocycles. The van der Waals surface area contributed by atoms with Gasteiger partial charge in [0.1, 0.15) is 0 Å². The van der Waals surface area contributed by atoms with E-state index in [0.717, 1.165) is 5.56 Å². The largest absolute Gasteiger partial charge is 0.288 e. The van der Waals surface area contributed by atoms with E-state index in [1.165, 1.54) is 11.3 Å². The number of rotatable bonds is 2. The van der Waals surface area contributed by atoms with Crippen LogP contribution in [0.5, 0.6) is 0 Å². The van der Waals surface area contributed by atoms with Crippen LogP contribution in [-0.4, -0.2) is 15.8 Å². The lowest BCUT2D eigenvalue weighted by Gasteiger charge is -2.00. The maximum absolute atomic E-state index is 11.9. The summed E-state index contributed by atoms with van der Waals surface area (Å²) < 4.78 is 0. The summed E-state index contributed by atoms with van der Waals surface area (Å²) in [4.78, 5) is 20.3. The van der Waals surface area contributed by atoms with Crippen LogP contribution in [0.4, 0.5) is 0 Å². The van der Waals surface area contributed by atoms with Crippen LogP contribution in [0.15, 0.2) is 30.2 Å². The van der Waals surface area contributed by atoms with Crippen molar-refractivity contribution in [3.05, 3.63) is 46.2 Å². The molecule has 0 fully saturated rings. The highest BCUT2D eigenvalue weighted by Crippen LogP contribution is 2.15. The topological polar surface area (TPSA) is 42.9 Å². The molecule has 0 unspecified atom stereocenters. The van der Waals surface area contributed by atoms with Crippen LogP contribution in [0.2, 0.25) is 0 Å². The zero-order valence-electron chi connectivity index (χ0n) is 7.60. The van der Waals surface area contributed by atoms with E-state index in [1.54, 1.807) is 24.1 Å². The van der Waals surface area contributed by atoms with Crippen LogP contribution in [0, 0.1) is 6.92 Å². The van der Waals surface area contributed by atoms with Crippen LogP contribution in [0.25, 0.3) is 0 Å². The van der Waals surface area contributed by atoms with Gasteiger partial charge in [-0.2, -0.15) is 0 Å². The van der Waals surface area contributed by atoms with Gasteiger partial charge in [-0.1, -0.05) is 0 Å². The van der Waals surface area contributed by atoms with Crippen molar-refractivity contribution in [2.75, 3.05) is 0 Å². The Bertz CT molecular complexity index is 451. The smallest absolute Gasteiger partial charge is 0.206 e. The molecule has 0 aliphatic rings. The summed E-state index contributed by atoms with van der Waals surface area (Å²) in [7, 11) is 0. The molecule has 4 heteroatoms. The van der Waals surface area contributed by atoms with E-state index >= 15 is 0 Å². The standard InChI is InChI=1S/C10H8N2OS/c1-7-2-3-11-4-8(7)10(13)9-5-12-6-14-9/h2-6H,1H3. The van der Waals surface area contributed by atoms with Gasteiger partial charge < -0.3 is 0 Å². The van der Waals surface area contributed by atoms with Crippen LogP contribution < -0.4 is 0 Å². The van der Waals surface area contributed by atoms with E-state index in [1.807, 2.05) is 13.0 Å². The van der Waals surface area contributed by atoms with Crippen LogP contribution in [0.3, 0.4) is 0 Å². The van der Waals surface area contributed by atoms with E-state index in [0.29, 0.717) is 10.4 Å². The number of carbonyl (C=O) groups is 1. The molecule has 14 heavy (non-hydrogen) atoms. The predicted molar refractivity (Wildman–Crippen MR) is 54.5 cm³/mol. The lowest BCUT2D eigenvalue weighted by atomic mass is 10.1. The highest BCUT2D eigenvalue weighted by atomic mass is 32.1. The molecule has 0 saturated heterocycles. The maximum atomic E-state index is 11.9. The van der Waals surface area contributed by atoms with E-state index in [-0.39, 0.29) is 5.78 Å². The molecule has 0 amide bonds. The second kappa shape index (κ2) is 3.67. The molecule has 70 valence electrons. The SMILES string of the molecule is Cc1ccncc1C(=O)c1cncs1. The molecule has 0 atom stereocenters. The van der Waals surface area contributed by atoms with E-state index < -0.39 is 0 Å². The van der Waals surface area contributed by atoms with Crippen molar-refractivity contribution in [3.8, 4) is 0 Å². The minimum Gasteiger partial charge on any atom is -0.288 e. The monoisotopic (exact) mass is 204 g/mol. The van der Waals surface area contributed by atoms with Gasteiger partial charge in [0.25, 0.3) is 0 Å². The Kier molecular flexibility index (Phi) is 2.37. The molecule has 0 radical (unpaired) electrons. The van der Waals surface area contributed by atoms with Crippen LogP contribution in [-0.2, 0) is 0 Å². The Morgan fingerprint density at radius 2 is 2.21 bits per heavy atom. The van der Waals surface area contributed by atoms with Crippen molar-refractivity contribution in [3.63, 3.8) is 0 Å². The van der Waals surface area contributed by atoms with Gasteiger partial charge in [0.05, 0.1) is 10.4 Å². The van der Waals surface area contributed by atoms with E-state index in [4.69, 9.17) is 0 Å². The van der Waals surface area contributed by atoms with Crippen molar-refractivity contribution in [2.24, 2.45) is 0 Å². The van der Waals surface area contributed by atoms with Gasteiger partial charge in [-0.3, -0.25) is 14.8 Å². The van der Waals surface area contributed by atoms with Crippen molar-refractivity contribution in [2.45, 2.75) is 6.92 Å². The third-order valence-corrected chi connectivity index (χ3v) is 2.71. The molecule has 0 saturated carbocycles. The highest BCUT2D eigenvalue weighted by Gasteiger charge is 2.12. The number of thiazole rings is 1. The predicted octanol–water partition coefficient (Wildman–Crippen LogP) is 2.08. The van der Waals surface area contributed by atoms with Crippen LogP contribution >= 0.6 is 11.3 Å². The lowest BCUT2D eigenvalue weighted by molar-refractivity contribution is 0.104. The molecular formula is C10H8N2OS. The Balaban J connectivity index is 2.42. The molecule has 0 aliphatic heterocycles. The molecule has 3 nitrogen and oxygen atoms in total. The average Bonchev–Trinajstić information content (AvgIpc) is 2.70. The van der Waals surface area contributed by atoms with Gasteiger partial charge in [0.2, 0.25) is 5.78 Å². The zero-order valence-corrected chi connectivity index (χ0v) is 8.41. The minimum absolute atomic E-state index is 0.00176. The third kappa shape index (κ3) is 1.56. The minimum atomic E-state index is -0.00176. The Labute approximate surface area is 85.5 Å². The second-order valence-corrected chi connectivity index (χ2v) is 3.77. The molecule has 0 bridgehead atoms. The highest BCUT2D eigenvalue weighted by molar-refractivity contribution is 7.11. The first-order valence-corrected chi connectivity index (χ1v) is 5.01.